The molecule has 228 valence electrons. The molecule has 6 aliphatic rings. The molecule has 4 atom stereocenters. The maximum atomic E-state index is 2.62. The molecule has 0 aliphatic heterocycles. The van der Waals surface area contributed by atoms with E-state index in [4.69, 9.17) is 0 Å². The highest BCUT2D eigenvalue weighted by molar-refractivity contribution is 6.03. The van der Waals surface area contributed by atoms with Gasteiger partial charge in [0.05, 0.1) is 0 Å². The van der Waals surface area contributed by atoms with Gasteiger partial charge in [-0.1, -0.05) is 152 Å². The molecule has 1 spiro atoms. The molecule has 0 nitrogen and oxygen atoms in total. The molecule has 2 saturated carbocycles. The Kier molecular flexibility index (Phi) is 5.41. The summed E-state index contributed by atoms with van der Waals surface area (Å²) in [5.41, 5.74) is 20.5. The fourth-order valence-electron chi connectivity index (χ4n) is 9.82. The van der Waals surface area contributed by atoms with Gasteiger partial charge in [0.2, 0.25) is 0 Å². The molecule has 11 rings (SSSR count). The Hall–Kier alpha value is -5.20. The van der Waals surface area contributed by atoms with Gasteiger partial charge in [0.15, 0.2) is 0 Å². The van der Waals surface area contributed by atoms with Crippen molar-refractivity contribution < 1.29 is 0 Å². The summed E-state index contributed by atoms with van der Waals surface area (Å²) >= 11 is 0. The zero-order valence-electron chi connectivity index (χ0n) is 27.0. The topological polar surface area (TPSA) is 0 Å². The lowest BCUT2D eigenvalue weighted by Gasteiger charge is -2.39. The van der Waals surface area contributed by atoms with Crippen LogP contribution in [0.5, 0.6) is 0 Å². The van der Waals surface area contributed by atoms with Gasteiger partial charge in [0, 0.05) is 10.8 Å². The first-order chi connectivity index (χ1) is 23.7. The Morgan fingerprint density at radius 1 is 0.521 bits per heavy atom. The number of fused-ring (bicyclic) bond motifs is 1. The van der Waals surface area contributed by atoms with Gasteiger partial charge in [0.25, 0.3) is 0 Å². The first-order valence-electron chi connectivity index (χ1n) is 17.8. The maximum Gasteiger partial charge on any atom is 0.0214 e. The molecule has 4 unspecified atom stereocenters. The van der Waals surface area contributed by atoms with Crippen LogP contribution >= 0.6 is 0 Å². The molecular weight excluding hydrogens is 577 g/mol. The van der Waals surface area contributed by atoms with Crippen molar-refractivity contribution in [2.45, 2.75) is 31.1 Å². The molecule has 0 heterocycles. The van der Waals surface area contributed by atoms with E-state index < -0.39 is 0 Å². The van der Waals surface area contributed by atoms with E-state index in [0.717, 1.165) is 12.8 Å². The summed E-state index contributed by atoms with van der Waals surface area (Å²) in [6, 6.07) is 44.9. The third-order valence-electron chi connectivity index (χ3n) is 12.4. The molecule has 0 amide bonds. The number of benzene rings is 5. The predicted octanol–water partition coefficient (Wildman–Crippen LogP) is 11.8. The summed E-state index contributed by atoms with van der Waals surface area (Å²) in [6.45, 7) is 0. The van der Waals surface area contributed by atoms with Crippen LogP contribution in [0.15, 0.2) is 157 Å². The Bertz CT molecular complexity index is 2310. The van der Waals surface area contributed by atoms with Crippen LogP contribution in [0.2, 0.25) is 0 Å². The second-order valence-corrected chi connectivity index (χ2v) is 14.8. The van der Waals surface area contributed by atoms with E-state index in [0.29, 0.717) is 11.8 Å². The fourth-order valence-corrected chi connectivity index (χ4v) is 9.82. The maximum absolute atomic E-state index is 2.62. The molecular formula is C48H36. The Morgan fingerprint density at radius 2 is 1.12 bits per heavy atom. The van der Waals surface area contributed by atoms with Crippen molar-refractivity contribution in [3.05, 3.63) is 191 Å². The van der Waals surface area contributed by atoms with Gasteiger partial charge < -0.3 is 0 Å². The minimum absolute atomic E-state index is 0.0596. The van der Waals surface area contributed by atoms with Crippen LogP contribution in [-0.4, -0.2) is 0 Å². The summed E-state index contributed by atoms with van der Waals surface area (Å²) in [7, 11) is 0. The zero-order valence-corrected chi connectivity index (χ0v) is 27.0. The highest BCUT2D eigenvalue weighted by Gasteiger charge is 2.61. The van der Waals surface area contributed by atoms with Gasteiger partial charge >= 0.3 is 0 Å². The minimum Gasteiger partial charge on any atom is -0.0727 e. The largest absolute Gasteiger partial charge is 0.0727 e. The average molecular weight is 613 g/mol. The first-order valence-corrected chi connectivity index (χ1v) is 17.8. The van der Waals surface area contributed by atoms with Crippen molar-refractivity contribution in [1.82, 2.24) is 0 Å². The van der Waals surface area contributed by atoms with Crippen LogP contribution in [0.3, 0.4) is 0 Å². The van der Waals surface area contributed by atoms with Crippen molar-refractivity contribution in [3.63, 3.8) is 0 Å². The molecule has 0 saturated heterocycles. The smallest absolute Gasteiger partial charge is 0.0214 e. The molecule has 2 fully saturated rings. The molecule has 5 aromatic rings. The van der Waals surface area contributed by atoms with E-state index >= 15 is 0 Å². The Balaban J connectivity index is 1.11. The lowest BCUT2D eigenvalue weighted by Crippen LogP contribution is -2.24. The first kappa shape index (κ1) is 26.8. The summed E-state index contributed by atoms with van der Waals surface area (Å²) < 4.78 is 0. The lowest BCUT2D eigenvalue weighted by atomic mass is 9.64. The monoisotopic (exact) mass is 612 g/mol. The second kappa shape index (κ2) is 9.68. The summed E-state index contributed by atoms with van der Waals surface area (Å²) in [5, 5.41) is 0. The molecule has 0 aromatic heterocycles. The number of allylic oxidation sites excluding steroid dienone is 9. The van der Waals surface area contributed by atoms with Gasteiger partial charge in [-0.15, -0.1) is 0 Å². The van der Waals surface area contributed by atoms with E-state index in [9.17, 15) is 0 Å². The highest BCUT2D eigenvalue weighted by Crippen LogP contribution is 2.72. The molecule has 6 aliphatic carbocycles. The van der Waals surface area contributed by atoms with Crippen LogP contribution in [-0.2, 0) is 11.8 Å². The average Bonchev–Trinajstić information content (AvgIpc) is 4.08. The highest BCUT2D eigenvalue weighted by atomic mass is 14.6. The molecule has 48 heavy (non-hydrogen) atoms. The van der Waals surface area contributed by atoms with Crippen molar-refractivity contribution in [3.8, 4) is 22.3 Å². The third-order valence-corrected chi connectivity index (χ3v) is 12.4. The zero-order chi connectivity index (χ0) is 31.5. The number of rotatable bonds is 5. The summed E-state index contributed by atoms with van der Waals surface area (Å²) in [6.07, 6.45) is 19.9. The van der Waals surface area contributed by atoms with Crippen LogP contribution in [0, 0.1) is 17.3 Å². The van der Waals surface area contributed by atoms with Gasteiger partial charge in [-0.3, -0.25) is 0 Å². The quantitative estimate of drug-likeness (QED) is 0.185. The standard InChI is InChI=1S/C48H36/c1-4-10-31(11-5-1)33-16-18-35(19-17-33)43-28-44(47-24-22-36(26-37(47)29-47)32-12-6-2-7-13-32)41-23-25-48-30-38(48)27-42(34-14-8-3-9-15-34)40-21-20-39(43)45(41)46(40)48/h1-19,22-28,37-38H,20-21,29-30H2. The minimum atomic E-state index is 0.0596. The number of hydrogen-bond acceptors (Lipinski definition) is 0. The van der Waals surface area contributed by atoms with E-state index in [-0.39, 0.29) is 10.8 Å². The molecule has 0 heteroatoms. The van der Waals surface area contributed by atoms with Crippen molar-refractivity contribution >= 4 is 22.8 Å². The van der Waals surface area contributed by atoms with Crippen molar-refractivity contribution in [1.29, 1.82) is 0 Å². The van der Waals surface area contributed by atoms with E-state index in [1.54, 1.807) is 22.3 Å². The fraction of sp³-hybridized carbons (Fsp3) is 0.167. The van der Waals surface area contributed by atoms with Gasteiger partial charge in [-0.25, -0.2) is 0 Å². The second-order valence-electron chi connectivity index (χ2n) is 14.8. The van der Waals surface area contributed by atoms with Crippen LogP contribution < -0.4 is 0 Å². The van der Waals surface area contributed by atoms with Gasteiger partial charge in [-0.2, -0.15) is 0 Å². The predicted molar refractivity (Wildman–Crippen MR) is 200 cm³/mol. The Morgan fingerprint density at radius 3 is 1.85 bits per heavy atom. The van der Waals surface area contributed by atoms with E-state index in [2.05, 4.69) is 158 Å². The normalized spacial score (nSPS) is 26.6. The summed E-state index contributed by atoms with van der Waals surface area (Å²) in [4.78, 5) is 0. The van der Waals surface area contributed by atoms with Gasteiger partial charge in [-0.05, 0) is 122 Å². The van der Waals surface area contributed by atoms with Crippen molar-refractivity contribution in [2.24, 2.45) is 17.3 Å². The lowest BCUT2D eigenvalue weighted by molar-refractivity contribution is 0.760. The molecule has 0 bridgehead atoms. The molecule has 5 aromatic carbocycles. The van der Waals surface area contributed by atoms with Gasteiger partial charge in [0.1, 0.15) is 0 Å². The van der Waals surface area contributed by atoms with E-state index in [1.165, 1.54) is 68.5 Å². The van der Waals surface area contributed by atoms with E-state index in [1.807, 2.05) is 0 Å². The molecule has 0 N–H and O–H groups in total. The summed E-state index contributed by atoms with van der Waals surface area (Å²) in [5.74, 6) is 1.12. The van der Waals surface area contributed by atoms with Crippen LogP contribution in [0.1, 0.15) is 52.6 Å². The van der Waals surface area contributed by atoms with Crippen LogP contribution in [0.4, 0.5) is 0 Å². The molecule has 0 radical (unpaired) electrons. The SMILES string of the molecule is C1=CC2(c3cc(-c4ccc(-c5ccccc5)cc4)c4c5c3C=CC36CC3C=C(c3ccccc3)C(=C56)CC4)CC2C=C1c1ccccc1. The van der Waals surface area contributed by atoms with Crippen molar-refractivity contribution in [2.75, 3.05) is 0 Å². The third kappa shape index (κ3) is 3.72. The van der Waals surface area contributed by atoms with Crippen LogP contribution in [0.25, 0.3) is 45.0 Å². The number of hydrogen-bond donors (Lipinski definition) is 0. The Labute approximate surface area is 283 Å².